The van der Waals surface area contributed by atoms with Gasteiger partial charge in [-0.05, 0) is 62.7 Å². The molecule has 0 spiro atoms. The van der Waals surface area contributed by atoms with Crippen molar-refractivity contribution in [2.24, 2.45) is 11.8 Å². The summed E-state index contributed by atoms with van der Waals surface area (Å²) in [5, 5.41) is 0. The van der Waals surface area contributed by atoms with Gasteiger partial charge in [0.15, 0.2) is 0 Å². The molecule has 0 N–H and O–H groups in total. The van der Waals surface area contributed by atoms with Crippen LogP contribution >= 0.6 is 0 Å². The Hall–Kier alpha value is -2.21. The maximum absolute atomic E-state index is 12.9. The lowest BCUT2D eigenvalue weighted by atomic mass is 9.78. The highest BCUT2D eigenvalue weighted by atomic mass is 16.2. The van der Waals surface area contributed by atoms with E-state index in [9.17, 15) is 14.4 Å². The second kappa shape index (κ2) is 8.03. The highest BCUT2D eigenvalue weighted by Gasteiger charge is 2.44. The number of likely N-dealkylation sites (tertiary alicyclic amines) is 2. The fourth-order valence-corrected chi connectivity index (χ4v) is 5.14. The third-order valence-corrected chi connectivity index (χ3v) is 6.80. The molecule has 4 rings (SSSR count). The summed E-state index contributed by atoms with van der Waals surface area (Å²) in [6.07, 6.45) is 4.62. The maximum Gasteiger partial charge on any atom is 0.251 e. The number of hydrogen-bond acceptors (Lipinski definition) is 4. The molecule has 0 aromatic heterocycles. The first-order chi connectivity index (χ1) is 13.5. The molecular formula is C22H29N3O3. The summed E-state index contributed by atoms with van der Waals surface area (Å²) in [5.41, 5.74) is 0.673. The summed E-state index contributed by atoms with van der Waals surface area (Å²) >= 11 is 0. The van der Waals surface area contributed by atoms with Crippen molar-refractivity contribution in [3.8, 4) is 0 Å². The highest BCUT2D eigenvalue weighted by molar-refractivity contribution is 6.22. The Morgan fingerprint density at radius 3 is 2.04 bits per heavy atom. The fraction of sp³-hybridized carbons (Fsp3) is 0.591. The predicted molar refractivity (Wildman–Crippen MR) is 107 cm³/mol. The first-order valence-corrected chi connectivity index (χ1v) is 10.5. The van der Waals surface area contributed by atoms with Crippen molar-refractivity contribution in [1.29, 1.82) is 0 Å². The second-order valence-corrected chi connectivity index (χ2v) is 8.34. The Morgan fingerprint density at radius 1 is 0.893 bits per heavy atom. The van der Waals surface area contributed by atoms with Crippen LogP contribution in [0.5, 0.6) is 0 Å². The highest BCUT2D eigenvalue weighted by Crippen LogP contribution is 2.34. The van der Waals surface area contributed by atoms with Crippen molar-refractivity contribution in [2.45, 2.75) is 45.1 Å². The molecule has 150 valence electrons. The number of imide groups is 1. The van der Waals surface area contributed by atoms with Gasteiger partial charge in [0.05, 0.1) is 18.2 Å². The minimum atomic E-state index is -0.312. The molecular weight excluding hydrogens is 354 g/mol. The number of carbonyl (C=O) groups is 3. The molecule has 0 radical (unpaired) electrons. The number of hydrogen-bond donors (Lipinski definition) is 0. The molecule has 28 heavy (non-hydrogen) atoms. The van der Waals surface area contributed by atoms with Crippen LogP contribution in [0, 0.1) is 11.8 Å². The van der Waals surface area contributed by atoms with Gasteiger partial charge in [-0.3, -0.25) is 19.3 Å². The lowest BCUT2D eigenvalue weighted by Gasteiger charge is -2.41. The molecule has 3 aliphatic heterocycles. The number of amides is 3. The average Bonchev–Trinajstić information content (AvgIpc) is 3.03. The standard InChI is InChI=1S/C22H29N3O3/c1-16(26)23-11-7-17(8-12-23)18-9-13-24(14-10-18)20-15-21(27)25(22(20)28)19-5-3-2-4-6-19/h2-6,17-18,20H,7-15H2,1H3. The monoisotopic (exact) mass is 383 g/mol. The summed E-state index contributed by atoms with van der Waals surface area (Å²) in [6.45, 7) is 5.16. The van der Waals surface area contributed by atoms with Crippen molar-refractivity contribution in [1.82, 2.24) is 9.80 Å². The molecule has 1 aromatic carbocycles. The van der Waals surface area contributed by atoms with Crippen LogP contribution in [0.25, 0.3) is 0 Å². The summed E-state index contributed by atoms with van der Waals surface area (Å²) < 4.78 is 0. The molecule has 1 atom stereocenters. The zero-order valence-corrected chi connectivity index (χ0v) is 16.5. The van der Waals surface area contributed by atoms with E-state index in [1.54, 1.807) is 6.92 Å². The van der Waals surface area contributed by atoms with E-state index in [1.807, 2.05) is 35.2 Å². The minimum absolute atomic E-state index is 0.0792. The van der Waals surface area contributed by atoms with E-state index in [0.717, 1.165) is 51.9 Å². The van der Waals surface area contributed by atoms with E-state index in [0.29, 0.717) is 17.5 Å². The molecule has 0 bridgehead atoms. The summed E-state index contributed by atoms with van der Waals surface area (Å²) in [6, 6.07) is 8.92. The van der Waals surface area contributed by atoms with E-state index in [-0.39, 0.29) is 30.2 Å². The maximum atomic E-state index is 12.9. The van der Waals surface area contributed by atoms with Gasteiger partial charge in [0.25, 0.3) is 5.91 Å². The molecule has 0 saturated carbocycles. The van der Waals surface area contributed by atoms with E-state index in [2.05, 4.69) is 4.90 Å². The van der Waals surface area contributed by atoms with Gasteiger partial charge in [-0.25, -0.2) is 4.90 Å². The van der Waals surface area contributed by atoms with Crippen molar-refractivity contribution in [3.05, 3.63) is 30.3 Å². The van der Waals surface area contributed by atoms with Crippen LogP contribution in [0.3, 0.4) is 0 Å². The number of nitrogens with zero attached hydrogens (tertiary/aromatic N) is 3. The van der Waals surface area contributed by atoms with Crippen LogP contribution in [-0.2, 0) is 14.4 Å². The van der Waals surface area contributed by atoms with Crippen molar-refractivity contribution >= 4 is 23.4 Å². The Bertz CT molecular complexity index is 735. The largest absolute Gasteiger partial charge is 0.343 e. The summed E-state index contributed by atoms with van der Waals surface area (Å²) in [5.74, 6) is 1.35. The quantitative estimate of drug-likeness (QED) is 0.752. The van der Waals surface area contributed by atoms with E-state index in [1.165, 1.54) is 4.90 Å². The number of benzene rings is 1. The SMILES string of the molecule is CC(=O)N1CCC(C2CCN(C3CC(=O)N(c4ccccc4)C3=O)CC2)CC1. The van der Waals surface area contributed by atoms with Crippen LogP contribution in [0.1, 0.15) is 39.0 Å². The van der Waals surface area contributed by atoms with Crippen molar-refractivity contribution in [3.63, 3.8) is 0 Å². The lowest BCUT2D eigenvalue weighted by Crippen LogP contribution is -2.47. The van der Waals surface area contributed by atoms with Gasteiger partial charge in [-0.15, -0.1) is 0 Å². The molecule has 1 unspecified atom stereocenters. The van der Waals surface area contributed by atoms with Crippen LogP contribution in [-0.4, -0.2) is 59.7 Å². The second-order valence-electron chi connectivity index (χ2n) is 8.34. The van der Waals surface area contributed by atoms with Gasteiger partial charge in [0.2, 0.25) is 11.8 Å². The number of rotatable bonds is 3. The normalized spacial score (nSPS) is 25.5. The van der Waals surface area contributed by atoms with E-state index in [4.69, 9.17) is 0 Å². The summed E-state index contributed by atoms with van der Waals surface area (Å²) in [4.78, 5) is 42.4. The Labute approximate surface area is 166 Å². The van der Waals surface area contributed by atoms with Crippen molar-refractivity contribution < 1.29 is 14.4 Å². The van der Waals surface area contributed by atoms with Gasteiger partial charge in [-0.1, -0.05) is 18.2 Å². The Balaban J connectivity index is 1.33. The third-order valence-electron chi connectivity index (χ3n) is 6.80. The first-order valence-electron chi connectivity index (χ1n) is 10.5. The van der Waals surface area contributed by atoms with Gasteiger partial charge in [0.1, 0.15) is 0 Å². The number of piperidine rings is 2. The molecule has 6 nitrogen and oxygen atoms in total. The van der Waals surface area contributed by atoms with Gasteiger partial charge in [0, 0.05) is 20.0 Å². The Morgan fingerprint density at radius 2 is 1.46 bits per heavy atom. The average molecular weight is 383 g/mol. The number of anilines is 1. The van der Waals surface area contributed by atoms with Gasteiger partial charge >= 0.3 is 0 Å². The van der Waals surface area contributed by atoms with Crippen LogP contribution in [0.2, 0.25) is 0 Å². The molecule has 3 aliphatic rings. The zero-order valence-electron chi connectivity index (χ0n) is 16.5. The molecule has 0 aliphatic carbocycles. The minimum Gasteiger partial charge on any atom is -0.343 e. The van der Waals surface area contributed by atoms with E-state index >= 15 is 0 Å². The van der Waals surface area contributed by atoms with Crippen LogP contribution in [0.4, 0.5) is 5.69 Å². The topological polar surface area (TPSA) is 60.9 Å². The predicted octanol–water partition coefficient (Wildman–Crippen LogP) is 2.29. The summed E-state index contributed by atoms with van der Waals surface area (Å²) in [7, 11) is 0. The van der Waals surface area contributed by atoms with Gasteiger partial charge in [-0.2, -0.15) is 0 Å². The molecule has 1 aromatic rings. The van der Waals surface area contributed by atoms with Gasteiger partial charge < -0.3 is 4.90 Å². The van der Waals surface area contributed by atoms with Crippen LogP contribution in [0.15, 0.2) is 30.3 Å². The zero-order chi connectivity index (χ0) is 19.7. The molecule has 6 heteroatoms. The van der Waals surface area contributed by atoms with Crippen molar-refractivity contribution in [2.75, 3.05) is 31.1 Å². The third kappa shape index (κ3) is 3.70. The molecule has 3 fully saturated rings. The number of carbonyl (C=O) groups excluding carboxylic acids is 3. The van der Waals surface area contributed by atoms with Crippen LogP contribution < -0.4 is 4.90 Å². The molecule has 3 amide bonds. The first kappa shape index (κ1) is 19.1. The van der Waals surface area contributed by atoms with E-state index < -0.39 is 0 Å². The number of para-hydroxylation sites is 1. The Kier molecular flexibility index (Phi) is 5.49. The smallest absolute Gasteiger partial charge is 0.251 e. The molecule has 3 heterocycles. The molecule has 3 saturated heterocycles. The fourth-order valence-electron chi connectivity index (χ4n) is 5.14. The lowest BCUT2D eigenvalue weighted by molar-refractivity contribution is -0.130.